The lowest BCUT2D eigenvalue weighted by molar-refractivity contribution is -0.149. The molecule has 2 rings (SSSR count). The van der Waals surface area contributed by atoms with E-state index in [1.807, 2.05) is 58.0 Å². The van der Waals surface area contributed by atoms with Crippen LogP contribution in [0, 0.1) is 39.0 Å². The first-order valence-electron chi connectivity index (χ1n) is 9.42. The van der Waals surface area contributed by atoms with E-state index in [2.05, 4.69) is 0 Å². The largest absolute Gasteiger partial charge is 0.481 e. The molecule has 29 heavy (non-hydrogen) atoms. The average molecular weight is 394 g/mol. The number of aryl methyl sites for hydroxylation is 4. The van der Waals surface area contributed by atoms with Gasteiger partial charge in [0.15, 0.2) is 13.2 Å². The van der Waals surface area contributed by atoms with Gasteiger partial charge in [0.05, 0.1) is 12.5 Å². The predicted octanol–water partition coefficient (Wildman–Crippen LogP) is 3.79. The lowest BCUT2D eigenvalue weighted by Gasteiger charge is -2.22. The van der Waals surface area contributed by atoms with Gasteiger partial charge in [-0.15, -0.1) is 0 Å². The molecular weight excluding hydrogens is 368 g/mol. The topological polar surface area (TPSA) is 79.6 Å². The molecule has 0 aromatic heterocycles. The van der Waals surface area contributed by atoms with Gasteiger partial charge in [-0.1, -0.05) is 35.4 Å². The molecule has 0 spiro atoms. The standard InChI is InChI=1S/C23H26N2O4/c1-16-6-8-20(9-7-16)25(11-5-10-24)21(26)14-28-22(27)15-29-23-18(3)12-17(2)13-19(23)4/h6-9,12-13H,5,11,14-15H2,1-4H3. The number of hydrogen-bond donors (Lipinski definition) is 0. The number of amides is 1. The van der Waals surface area contributed by atoms with E-state index in [1.165, 1.54) is 4.90 Å². The maximum Gasteiger partial charge on any atom is 0.344 e. The fourth-order valence-electron chi connectivity index (χ4n) is 3.07. The lowest BCUT2D eigenvalue weighted by atomic mass is 10.1. The third kappa shape index (κ3) is 6.35. The molecule has 2 aromatic carbocycles. The first kappa shape index (κ1) is 22.0. The predicted molar refractivity (Wildman–Crippen MR) is 111 cm³/mol. The van der Waals surface area contributed by atoms with Crippen molar-refractivity contribution in [3.05, 3.63) is 58.7 Å². The van der Waals surface area contributed by atoms with Crippen molar-refractivity contribution >= 4 is 17.6 Å². The highest BCUT2D eigenvalue weighted by Crippen LogP contribution is 2.24. The van der Waals surface area contributed by atoms with E-state index < -0.39 is 12.6 Å². The van der Waals surface area contributed by atoms with Gasteiger partial charge in [-0.2, -0.15) is 5.26 Å². The van der Waals surface area contributed by atoms with Gasteiger partial charge < -0.3 is 14.4 Å². The van der Waals surface area contributed by atoms with Gasteiger partial charge in [0.2, 0.25) is 0 Å². The highest BCUT2D eigenvalue weighted by Gasteiger charge is 2.18. The Hall–Kier alpha value is -3.33. The summed E-state index contributed by atoms with van der Waals surface area (Å²) < 4.78 is 10.7. The summed E-state index contributed by atoms with van der Waals surface area (Å²) in [6.45, 7) is 7.32. The molecule has 0 aliphatic rings. The minimum Gasteiger partial charge on any atom is -0.481 e. The molecule has 0 atom stereocenters. The molecule has 0 saturated heterocycles. The summed E-state index contributed by atoms with van der Waals surface area (Å²) in [6.07, 6.45) is 0.183. The molecule has 0 heterocycles. The van der Waals surface area contributed by atoms with Crippen LogP contribution in [0.2, 0.25) is 0 Å². The van der Waals surface area contributed by atoms with Crippen molar-refractivity contribution in [3.63, 3.8) is 0 Å². The second-order valence-corrected chi connectivity index (χ2v) is 6.97. The summed E-state index contributed by atoms with van der Waals surface area (Å²) in [7, 11) is 0. The molecular formula is C23H26N2O4. The van der Waals surface area contributed by atoms with Crippen molar-refractivity contribution in [1.82, 2.24) is 0 Å². The fourth-order valence-corrected chi connectivity index (χ4v) is 3.07. The highest BCUT2D eigenvalue weighted by molar-refractivity contribution is 5.95. The van der Waals surface area contributed by atoms with Gasteiger partial charge in [0.25, 0.3) is 5.91 Å². The second kappa shape index (κ2) is 10.3. The van der Waals surface area contributed by atoms with Crippen LogP contribution in [0.15, 0.2) is 36.4 Å². The minimum atomic E-state index is -0.623. The van der Waals surface area contributed by atoms with E-state index in [4.69, 9.17) is 14.7 Å². The molecule has 0 unspecified atom stereocenters. The molecule has 0 N–H and O–H groups in total. The molecule has 0 fully saturated rings. The maximum absolute atomic E-state index is 12.6. The summed E-state index contributed by atoms with van der Waals surface area (Å²) >= 11 is 0. The van der Waals surface area contributed by atoms with Crippen LogP contribution in [0.3, 0.4) is 0 Å². The van der Waals surface area contributed by atoms with Crippen molar-refractivity contribution in [1.29, 1.82) is 5.26 Å². The van der Waals surface area contributed by atoms with Crippen LogP contribution in [0.1, 0.15) is 28.7 Å². The highest BCUT2D eigenvalue weighted by atomic mass is 16.6. The number of benzene rings is 2. The van der Waals surface area contributed by atoms with Gasteiger partial charge >= 0.3 is 5.97 Å². The molecule has 0 aliphatic carbocycles. The van der Waals surface area contributed by atoms with Crippen LogP contribution in [-0.4, -0.2) is 31.6 Å². The molecule has 0 bridgehead atoms. The zero-order chi connectivity index (χ0) is 21.4. The van der Waals surface area contributed by atoms with Gasteiger partial charge in [-0.25, -0.2) is 4.79 Å². The van der Waals surface area contributed by atoms with Crippen molar-refractivity contribution in [2.45, 2.75) is 34.1 Å². The van der Waals surface area contributed by atoms with E-state index >= 15 is 0 Å². The number of hydrogen-bond acceptors (Lipinski definition) is 5. The molecule has 0 saturated carbocycles. The van der Waals surface area contributed by atoms with E-state index in [9.17, 15) is 9.59 Å². The molecule has 0 aliphatic heterocycles. The summed E-state index contributed by atoms with van der Waals surface area (Å²) in [5.41, 5.74) is 4.72. The Kier molecular flexibility index (Phi) is 7.79. The van der Waals surface area contributed by atoms with Gasteiger partial charge in [-0.3, -0.25) is 4.79 Å². The summed E-state index contributed by atoms with van der Waals surface area (Å²) in [6, 6.07) is 13.4. The van der Waals surface area contributed by atoms with Crippen LogP contribution < -0.4 is 9.64 Å². The van der Waals surface area contributed by atoms with Crippen molar-refractivity contribution in [2.75, 3.05) is 24.7 Å². The molecule has 0 radical (unpaired) electrons. The Bertz CT molecular complexity index is 890. The number of carbonyl (C=O) groups excluding carboxylic acids is 2. The first-order valence-corrected chi connectivity index (χ1v) is 9.42. The summed E-state index contributed by atoms with van der Waals surface area (Å²) in [5.74, 6) is -0.365. The quantitative estimate of drug-likeness (QED) is 0.637. The monoisotopic (exact) mass is 394 g/mol. The zero-order valence-electron chi connectivity index (χ0n) is 17.3. The number of anilines is 1. The maximum atomic E-state index is 12.6. The fraction of sp³-hybridized carbons (Fsp3) is 0.348. The molecule has 152 valence electrons. The van der Waals surface area contributed by atoms with E-state index in [1.54, 1.807) is 12.1 Å². The van der Waals surface area contributed by atoms with E-state index in [0.29, 0.717) is 11.4 Å². The molecule has 6 nitrogen and oxygen atoms in total. The van der Waals surface area contributed by atoms with E-state index in [0.717, 1.165) is 22.3 Å². The Morgan fingerprint density at radius 1 is 0.966 bits per heavy atom. The SMILES string of the molecule is Cc1ccc(N(CCC#N)C(=O)COC(=O)COc2c(C)cc(C)cc2C)cc1. The van der Waals surface area contributed by atoms with E-state index in [-0.39, 0.29) is 25.5 Å². The van der Waals surface area contributed by atoms with Crippen LogP contribution in [0.5, 0.6) is 5.75 Å². The number of nitriles is 1. The van der Waals surface area contributed by atoms with Crippen LogP contribution in [0.25, 0.3) is 0 Å². The lowest BCUT2D eigenvalue weighted by Crippen LogP contribution is -2.36. The van der Waals surface area contributed by atoms with Crippen molar-refractivity contribution in [3.8, 4) is 11.8 Å². The third-order valence-electron chi connectivity index (χ3n) is 4.39. The number of esters is 1. The Morgan fingerprint density at radius 2 is 1.59 bits per heavy atom. The normalized spacial score (nSPS) is 10.2. The van der Waals surface area contributed by atoms with Gasteiger partial charge in [0, 0.05) is 12.2 Å². The molecule has 1 amide bonds. The summed E-state index contributed by atoms with van der Waals surface area (Å²) in [5, 5.41) is 8.86. The Labute approximate surface area is 171 Å². The third-order valence-corrected chi connectivity index (χ3v) is 4.39. The Morgan fingerprint density at radius 3 is 2.17 bits per heavy atom. The zero-order valence-corrected chi connectivity index (χ0v) is 17.3. The minimum absolute atomic E-state index is 0.183. The van der Waals surface area contributed by atoms with Crippen LogP contribution >= 0.6 is 0 Å². The van der Waals surface area contributed by atoms with Crippen molar-refractivity contribution < 1.29 is 19.1 Å². The molecule has 2 aromatic rings. The smallest absolute Gasteiger partial charge is 0.344 e. The average Bonchev–Trinajstić information content (AvgIpc) is 2.67. The number of rotatable bonds is 8. The van der Waals surface area contributed by atoms with Gasteiger partial charge in [0.1, 0.15) is 5.75 Å². The van der Waals surface area contributed by atoms with Crippen LogP contribution in [-0.2, 0) is 14.3 Å². The van der Waals surface area contributed by atoms with Crippen molar-refractivity contribution in [2.24, 2.45) is 0 Å². The van der Waals surface area contributed by atoms with Gasteiger partial charge in [-0.05, 0) is 51.0 Å². The number of nitrogens with zero attached hydrogens (tertiary/aromatic N) is 2. The Balaban J connectivity index is 1.94. The molecule has 6 heteroatoms. The first-order chi connectivity index (χ1) is 13.8. The number of ether oxygens (including phenoxy) is 2. The second-order valence-electron chi connectivity index (χ2n) is 6.97. The van der Waals surface area contributed by atoms with Crippen LogP contribution in [0.4, 0.5) is 5.69 Å². The number of carbonyl (C=O) groups is 2. The summed E-state index contributed by atoms with van der Waals surface area (Å²) in [4.78, 5) is 26.1.